The van der Waals surface area contributed by atoms with Crippen molar-refractivity contribution < 1.29 is 64.1 Å². The Morgan fingerprint density at radius 2 is 0.360 bits per heavy atom. The van der Waals surface area contributed by atoms with Gasteiger partial charge in [0.05, 0.1) is 13.2 Å². The average molecular weight is 1880 g/mol. The average Bonchev–Trinajstić information content (AvgIpc) is 0.879. The topological polar surface area (TPSA) is 268 Å². The highest BCUT2D eigenvalue weighted by Gasteiger charge is 2.39. The number of carbonyl (C=O) groups excluding carboxylic acids is 6. The lowest BCUT2D eigenvalue weighted by atomic mass is 9.78. The molecule has 6 amide bonds. The number of carbonyl (C=O) groups is 6. The maximum atomic E-state index is 13.0. The van der Waals surface area contributed by atoms with E-state index in [1.165, 1.54) is 6.42 Å². The third kappa shape index (κ3) is 29.7. The Balaban J connectivity index is 0.000000222. The molecule has 0 radical (unpaired) electrons. The molecule has 7 N–H and O–H groups in total. The van der Waals surface area contributed by atoms with Gasteiger partial charge in [-0.25, -0.2) is 0 Å². The normalized spacial score (nSPS) is 16.5. The van der Waals surface area contributed by atoms with E-state index >= 15 is 0 Å². The maximum Gasteiger partial charge on any atom is 0.254 e. The molecule has 6 aromatic carbocycles. The molecular formula is C115H178N8O13. The number of hydrogen-bond donors (Lipinski definition) is 7. The van der Waals surface area contributed by atoms with E-state index < -0.39 is 0 Å². The summed E-state index contributed by atoms with van der Waals surface area (Å²) in [7, 11) is 2.08. The predicted molar refractivity (Wildman–Crippen MR) is 557 cm³/mol. The molecular weight excluding hydrogens is 1700 g/mol. The van der Waals surface area contributed by atoms with Crippen molar-refractivity contribution in [1.29, 1.82) is 0 Å². The van der Waals surface area contributed by atoms with Crippen molar-refractivity contribution in [2.75, 3.05) is 125 Å². The first-order chi connectivity index (χ1) is 62.0. The van der Waals surface area contributed by atoms with Crippen molar-refractivity contribution in [3.8, 4) is 34.5 Å². The molecule has 12 rings (SSSR count). The number of nitrogens with zero attached hydrogens (tertiary/aromatic N) is 7. The fourth-order valence-corrected chi connectivity index (χ4v) is 17.7. The fourth-order valence-electron chi connectivity index (χ4n) is 17.7. The number of ether oxygens (including phenoxy) is 1. The zero-order valence-electron chi connectivity index (χ0n) is 91.1. The Kier molecular flexibility index (Phi) is 36.6. The molecule has 6 fully saturated rings. The van der Waals surface area contributed by atoms with Gasteiger partial charge in [-0.3, -0.25) is 28.8 Å². The number of hydrogen-bond acceptors (Lipinski definition) is 15. The number of phenolic OH excluding ortho intramolecular Hbond substituents is 6. The first-order valence-electron chi connectivity index (χ1n) is 50.0. The maximum absolute atomic E-state index is 13.0. The Morgan fingerprint density at radius 3 is 0.522 bits per heavy atom. The largest absolute Gasteiger partial charge is 0.507 e. The second-order valence-electron chi connectivity index (χ2n) is 51.1. The van der Waals surface area contributed by atoms with Gasteiger partial charge >= 0.3 is 0 Å². The minimum absolute atomic E-state index is 0.0179. The van der Waals surface area contributed by atoms with Crippen molar-refractivity contribution in [3.63, 3.8) is 0 Å². The number of amides is 6. The molecule has 0 spiro atoms. The molecule has 0 unspecified atom stereocenters. The second-order valence-corrected chi connectivity index (χ2v) is 51.1. The van der Waals surface area contributed by atoms with Gasteiger partial charge in [-0.1, -0.05) is 249 Å². The number of likely N-dealkylation sites (N-methyl/N-ethyl adjacent to an activating group) is 1. The smallest absolute Gasteiger partial charge is 0.254 e. The van der Waals surface area contributed by atoms with Gasteiger partial charge in [0, 0.05) is 205 Å². The molecule has 0 saturated carbocycles. The van der Waals surface area contributed by atoms with E-state index in [1.807, 2.05) is 102 Å². The lowest BCUT2D eigenvalue weighted by Gasteiger charge is -2.33. The monoisotopic (exact) mass is 1880 g/mol. The van der Waals surface area contributed by atoms with Gasteiger partial charge in [-0.2, -0.15) is 0 Å². The summed E-state index contributed by atoms with van der Waals surface area (Å²) < 4.78 is 5.33. The van der Waals surface area contributed by atoms with E-state index in [-0.39, 0.29) is 100 Å². The van der Waals surface area contributed by atoms with E-state index in [0.29, 0.717) is 94.2 Å². The standard InChI is InChI=1S/C20H32N2O2.C20H31NO2.C19H30N2O2.C19H29NO3.C19H29NO2.C18H27NO2/c1-19(2,3)15-12-14(13-16(17(15)23)20(4,5)6)18(24)22-10-8-21(7)9-11-22;1-19(2,3)15-12-14(13-16(17(15)22)20(4,5)6)18(23)21-10-8-7-9-11-21;1-18(2,3)14-11-13(12-15(16(14)22)19(4,5)6)17(23)21-9-7-20-8-10-21;1-18(2,3)14-11-13(12-15(16(14)21)19(4,5)6)17(22)20-7-9-23-10-8-20;1-18(2,3)14-11-13(17(22)20-9-7-8-10-20)12-15(16(14)21)19(4,5)6;1-17(2,3)13-10-12(16(21)19-8-7-9-19)11-14(15(13)20)18(4,5)6/h12-13,23H,8-11H2,1-7H3;12-13,22H,7-11H2,1-6H3;11-12,20,22H,7-10H2,1-6H3;11-12,21H,7-10H2,1-6H3;11-12,21H,7-10H2,1-6H3;10-11,20H,7-9H2,1-6H3. The molecule has 21 nitrogen and oxygen atoms in total. The van der Waals surface area contributed by atoms with Crippen molar-refractivity contribution in [3.05, 3.63) is 173 Å². The number of phenols is 6. The lowest BCUT2D eigenvalue weighted by Crippen LogP contribution is -2.47. The van der Waals surface area contributed by atoms with Crippen LogP contribution in [0.25, 0.3) is 0 Å². The van der Waals surface area contributed by atoms with Crippen molar-refractivity contribution in [1.82, 2.24) is 39.6 Å². The van der Waals surface area contributed by atoms with Gasteiger partial charge in [-0.05, 0) is 183 Å². The number of likely N-dealkylation sites (tertiary alicyclic amines) is 3. The minimum Gasteiger partial charge on any atom is -0.507 e. The second kappa shape index (κ2) is 43.7. The summed E-state index contributed by atoms with van der Waals surface area (Å²) >= 11 is 0. The molecule has 6 aromatic rings. The highest BCUT2D eigenvalue weighted by molar-refractivity contribution is 5.99. The quantitative estimate of drug-likeness (QED) is 0.0817. The summed E-state index contributed by atoms with van der Waals surface area (Å²) in [5, 5.41) is 67.6. The molecule has 6 aliphatic heterocycles. The van der Waals surface area contributed by atoms with Crippen LogP contribution in [-0.4, -0.2) is 225 Å². The highest BCUT2D eigenvalue weighted by Crippen LogP contribution is 2.48. The molecule has 6 heterocycles. The summed E-state index contributed by atoms with van der Waals surface area (Å²) in [6.07, 6.45) is 6.64. The van der Waals surface area contributed by atoms with Gasteiger partial charge in [0.2, 0.25) is 0 Å². The first kappa shape index (κ1) is 114. The van der Waals surface area contributed by atoms with Crippen LogP contribution in [0.3, 0.4) is 0 Å². The molecule has 136 heavy (non-hydrogen) atoms. The van der Waals surface area contributed by atoms with Crippen LogP contribution in [0.1, 0.15) is 417 Å². The summed E-state index contributed by atoms with van der Waals surface area (Å²) in [5.74, 6) is 2.36. The summed E-state index contributed by atoms with van der Waals surface area (Å²) in [6, 6.07) is 22.5. The third-order valence-electron chi connectivity index (χ3n) is 26.5. The van der Waals surface area contributed by atoms with E-state index in [0.717, 1.165) is 190 Å². The number of piperidine rings is 1. The Hall–Kier alpha value is -9.18. The van der Waals surface area contributed by atoms with E-state index in [4.69, 9.17) is 4.74 Å². The molecule has 756 valence electrons. The Bertz CT molecular complexity index is 4700. The minimum atomic E-state index is -0.231. The van der Waals surface area contributed by atoms with Gasteiger partial charge in [0.1, 0.15) is 34.5 Å². The van der Waals surface area contributed by atoms with E-state index in [9.17, 15) is 59.4 Å². The van der Waals surface area contributed by atoms with Gasteiger partial charge in [0.25, 0.3) is 35.4 Å². The summed E-state index contributed by atoms with van der Waals surface area (Å²) in [6.45, 7) is 88.2. The number of nitrogens with one attached hydrogen (secondary N) is 1. The number of rotatable bonds is 6. The van der Waals surface area contributed by atoms with Crippen molar-refractivity contribution >= 4 is 35.4 Å². The zero-order chi connectivity index (χ0) is 103. The van der Waals surface area contributed by atoms with Crippen molar-refractivity contribution in [2.24, 2.45) is 0 Å². The summed E-state index contributed by atoms with van der Waals surface area (Å²) in [4.78, 5) is 90.6. The first-order valence-corrected chi connectivity index (χ1v) is 50.0. The Morgan fingerprint density at radius 1 is 0.213 bits per heavy atom. The molecule has 0 aliphatic carbocycles. The number of benzene rings is 6. The van der Waals surface area contributed by atoms with Crippen LogP contribution in [-0.2, 0) is 69.7 Å². The van der Waals surface area contributed by atoms with Crippen LogP contribution >= 0.6 is 0 Å². The third-order valence-corrected chi connectivity index (χ3v) is 26.5. The number of aromatic hydroxyl groups is 6. The number of morpholine rings is 1. The lowest BCUT2D eigenvalue weighted by molar-refractivity contribution is 0.0302. The highest BCUT2D eigenvalue weighted by atomic mass is 16.5. The molecule has 0 aromatic heterocycles. The molecule has 21 heteroatoms. The molecule has 6 aliphatic rings. The fraction of sp³-hybridized carbons (Fsp3) is 0.635. The molecule has 0 atom stereocenters. The van der Waals surface area contributed by atoms with Crippen LogP contribution in [0.5, 0.6) is 34.5 Å². The van der Waals surface area contributed by atoms with Gasteiger partial charge in [-0.15, -0.1) is 0 Å². The molecule has 6 saturated heterocycles. The van der Waals surface area contributed by atoms with E-state index in [1.54, 1.807) is 0 Å². The van der Waals surface area contributed by atoms with Crippen molar-refractivity contribution in [2.45, 2.75) is 353 Å². The summed E-state index contributed by atoms with van der Waals surface area (Å²) in [5.41, 5.74) is 11.7. The van der Waals surface area contributed by atoms with Crippen LogP contribution in [0.4, 0.5) is 0 Å². The van der Waals surface area contributed by atoms with Crippen LogP contribution < -0.4 is 5.32 Å². The van der Waals surface area contributed by atoms with E-state index in [2.05, 4.69) is 267 Å². The molecule has 0 bridgehead atoms. The van der Waals surface area contributed by atoms with Crippen LogP contribution in [0.15, 0.2) is 72.8 Å². The van der Waals surface area contributed by atoms with Gasteiger partial charge in [0.15, 0.2) is 0 Å². The SMILES string of the molecule is CC(C)(C)c1cc(C(=O)N2CCC2)cc(C(C)(C)C)c1O.CC(C)(C)c1cc(C(=O)N2CCCC2)cc(C(C)(C)C)c1O.CC(C)(C)c1cc(C(=O)N2CCCCC2)cc(C(C)(C)C)c1O.CC(C)(C)c1cc(C(=O)N2CCNCC2)cc(C(C)(C)C)c1O.CC(C)(C)c1cc(C(=O)N2CCOCC2)cc(C(C)(C)C)c1O.CN1CCN(C(=O)c2cc(C(C)(C)C)c(O)c(C(C)(C)C)c2)CC1. The number of piperazine rings is 2. The zero-order valence-corrected chi connectivity index (χ0v) is 91.1. The van der Waals surface area contributed by atoms with Gasteiger partial charge < -0.3 is 75.0 Å². The van der Waals surface area contributed by atoms with Crippen LogP contribution in [0, 0.1) is 0 Å². The van der Waals surface area contributed by atoms with Crippen LogP contribution in [0.2, 0.25) is 0 Å². The Labute approximate surface area is 819 Å². The predicted octanol–water partition coefficient (Wildman–Crippen LogP) is 22.5.